The van der Waals surface area contributed by atoms with E-state index in [1.54, 1.807) is 0 Å². The Hall–Kier alpha value is -4.41. The van der Waals surface area contributed by atoms with Crippen LogP contribution < -0.4 is 31.6 Å². The highest BCUT2D eigenvalue weighted by atomic mass is 79.9. The number of nitrogen functional groups attached to an aromatic ring is 1. The Bertz CT molecular complexity index is 2320. The molecule has 356 valence electrons. The van der Waals surface area contributed by atoms with E-state index in [0.717, 1.165) is 53.2 Å². The van der Waals surface area contributed by atoms with Crippen LogP contribution in [0.5, 0.6) is 11.5 Å². The number of anilines is 4. The smallest absolute Gasteiger partial charge is 0.206 e. The van der Waals surface area contributed by atoms with Crippen molar-refractivity contribution in [3.05, 3.63) is 124 Å². The van der Waals surface area contributed by atoms with Crippen molar-refractivity contribution >= 4 is 105 Å². The minimum absolute atomic E-state index is 0. The second kappa shape index (κ2) is 28.7. The zero-order valence-electron chi connectivity index (χ0n) is 37.8. The Labute approximate surface area is 416 Å². The van der Waals surface area contributed by atoms with Crippen LogP contribution in [-0.4, -0.2) is 102 Å². The van der Waals surface area contributed by atoms with Crippen molar-refractivity contribution in [2.24, 2.45) is 10.7 Å². The number of aliphatic imine (C=N–C) groups is 1. The van der Waals surface area contributed by atoms with Crippen LogP contribution in [-0.2, 0) is 0 Å². The summed E-state index contributed by atoms with van der Waals surface area (Å²) < 4.78 is 11.3. The molecular formula is C49H66BrN8O4PS3. The largest absolute Gasteiger partial charge is 0.492 e. The molecule has 66 heavy (non-hydrogen) atoms. The lowest BCUT2D eigenvalue weighted by atomic mass is 10.0. The Balaban J connectivity index is 0.000000280. The average molecular weight is 1040 g/mol. The number of ether oxygens (including phenoxy) is 2. The van der Waals surface area contributed by atoms with E-state index in [0.29, 0.717) is 50.3 Å². The van der Waals surface area contributed by atoms with E-state index < -0.39 is 0 Å². The Morgan fingerprint density at radius 1 is 0.833 bits per heavy atom. The standard InChI is InChI=1S/C23H26N4O2S.C14H22N4OS2.C11H11BrO.CH4.H3P/c1-27(2)12-13-29-19-10-8-18(9-11-19)25-23-26-22(24)21(30-23)20(28)17-5-3-4-16(14-17)15-6-7-15;1-4-21-13(15)17-14(20)16-11-5-7-12(8-6-11)19-10-9-18(2)3;12-7-11(13)10-3-1-2-9(6-10)8-4-5-8;;/h3-5,8-11,14-15H,6-7,12-13,24H2,1-2H3,(H,25,26);5-8H,4,9-10H2,1-3H3,(H3,15,16,17,20);1-3,6,8H,4-5,7H2;1H4;1H3. The minimum Gasteiger partial charge on any atom is -0.492 e. The van der Waals surface area contributed by atoms with Gasteiger partial charge in [-0.2, -0.15) is 14.9 Å². The number of thioether (sulfide) groups is 1. The summed E-state index contributed by atoms with van der Waals surface area (Å²) in [6.45, 7) is 5.05. The number of Topliss-reactive ketones (excluding diaryl/α,β-unsaturated/α-hetero) is 1. The molecule has 2 aliphatic rings. The van der Waals surface area contributed by atoms with Gasteiger partial charge in [0.25, 0.3) is 0 Å². The maximum absolute atomic E-state index is 13.0. The van der Waals surface area contributed by atoms with Gasteiger partial charge in [-0.05, 0) is 155 Å². The first-order valence-corrected chi connectivity index (χ1v) is 24.5. The molecule has 5 aromatic rings. The van der Waals surface area contributed by atoms with Gasteiger partial charge < -0.3 is 41.4 Å². The first-order chi connectivity index (χ1) is 30.8. The average Bonchev–Trinajstić information content (AvgIpc) is 4.23. The van der Waals surface area contributed by atoms with Crippen molar-refractivity contribution in [3.63, 3.8) is 0 Å². The number of ketones is 2. The van der Waals surface area contributed by atoms with E-state index in [1.165, 1.54) is 59.9 Å². The molecule has 0 aliphatic heterocycles. The van der Waals surface area contributed by atoms with Gasteiger partial charge in [0.2, 0.25) is 5.78 Å². The lowest BCUT2D eigenvalue weighted by Gasteiger charge is -2.11. The zero-order valence-corrected chi connectivity index (χ0v) is 43.3. The molecule has 2 fully saturated rings. The maximum atomic E-state index is 13.0. The van der Waals surface area contributed by atoms with Crippen molar-refractivity contribution in [1.82, 2.24) is 14.8 Å². The number of likely N-dealkylation sites (N-methyl/N-ethyl adjacent to an activating group) is 2. The van der Waals surface area contributed by atoms with Crippen molar-refractivity contribution in [1.29, 1.82) is 0 Å². The number of hydrogen-bond donors (Lipinski definition) is 4. The van der Waals surface area contributed by atoms with Gasteiger partial charge in [0.15, 0.2) is 21.2 Å². The topological polar surface area (TPSA) is 160 Å². The second-order valence-corrected chi connectivity index (χ2v) is 18.9. The highest BCUT2D eigenvalue weighted by Gasteiger charge is 2.26. The number of alkyl halides is 1. The summed E-state index contributed by atoms with van der Waals surface area (Å²) in [6, 6.07) is 31.1. The molecule has 0 saturated heterocycles. The highest BCUT2D eigenvalue weighted by molar-refractivity contribution is 9.09. The number of aromatic nitrogens is 1. The van der Waals surface area contributed by atoms with Crippen LogP contribution in [0.3, 0.4) is 0 Å². The Kier molecular flexibility index (Phi) is 24.3. The third kappa shape index (κ3) is 19.4. The molecule has 4 aromatic carbocycles. The lowest BCUT2D eigenvalue weighted by Crippen LogP contribution is -2.19. The molecule has 0 radical (unpaired) electrons. The molecule has 0 amide bonds. The third-order valence-corrected chi connectivity index (χ3v) is 12.1. The minimum atomic E-state index is -0.0785. The summed E-state index contributed by atoms with van der Waals surface area (Å²) in [5, 5.41) is 8.08. The van der Waals surface area contributed by atoms with E-state index in [1.807, 2.05) is 120 Å². The van der Waals surface area contributed by atoms with Gasteiger partial charge >= 0.3 is 0 Å². The van der Waals surface area contributed by atoms with Gasteiger partial charge in [0, 0.05) is 35.6 Å². The summed E-state index contributed by atoms with van der Waals surface area (Å²) in [6.07, 6.45) is 4.97. The molecule has 7 rings (SSSR count). The third-order valence-electron chi connectivity index (χ3n) is 9.77. The van der Waals surface area contributed by atoms with Crippen LogP contribution >= 0.6 is 61.1 Å². The van der Waals surface area contributed by atoms with Gasteiger partial charge in [0.05, 0.1) is 5.33 Å². The number of thiazole rings is 1. The molecule has 12 nitrogen and oxygen atoms in total. The fraction of sp³-hybridized carbons (Fsp3) is 0.367. The summed E-state index contributed by atoms with van der Waals surface area (Å²) in [5.41, 5.74) is 17.5. The number of thiocarbonyl (C=S) groups is 1. The van der Waals surface area contributed by atoms with Crippen LogP contribution in [0.4, 0.5) is 22.3 Å². The second-order valence-electron chi connectivity index (χ2n) is 15.7. The molecule has 0 bridgehead atoms. The maximum Gasteiger partial charge on any atom is 0.206 e. The SMILES string of the molecule is C.CCSC(N)=NC(=S)Nc1ccc(OCCN(C)C)cc1.CN(C)CCOc1ccc(Nc2nc(N)c(C(=O)c3cccc(C4CC4)c3)s2)cc1.O=C(CBr)c1cccc(C2CC2)c1.P. The molecule has 1 heterocycles. The lowest BCUT2D eigenvalue weighted by molar-refractivity contribution is 0.102. The van der Waals surface area contributed by atoms with Crippen LogP contribution in [0.1, 0.15) is 88.6 Å². The van der Waals surface area contributed by atoms with Gasteiger partial charge in [-0.15, -0.1) is 0 Å². The zero-order chi connectivity index (χ0) is 46.0. The molecule has 6 N–H and O–H groups in total. The van der Waals surface area contributed by atoms with Gasteiger partial charge in [0.1, 0.15) is 35.4 Å². The molecule has 1 aromatic heterocycles. The number of nitrogens with two attached hydrogens (primary N) is 2. The number of amidine groups is 1. The van der Waals surface area contributed by atoms with E-state index in [4.69, 9.17) is 33.2 Å². The number of nitrogens with zero attached hydrogens (tertiary/aromatic N) is 4. The van der Waals surface area contributed by atoms with E-state index in [2.05, 4.69) is 58.5 Å². The van der Waals surface area contributed by atoms with Crippen molar-refractivity contribution < 1.29 is 19.1 Å². The quantitative estimate of drug-likeness (QED) is 0.0164. The summed E-state index contributed by atoms with van der Waals surface area (Å²) in [4.78, 5) is 37.4. The summed E-state index contributed by atoms with van der Waals surface area (Å²) in [7, 11) is 8.05. The van der Waals surface area contributed by atoms with Crippen molar-refractivity contribution in [2.45, 2.75) is 51.9 Å². The number of benzene rings is 4. The van der Waals surface area contributed by atoms with Crippen molar-refractivity contribution in [3.8, 4) is 11.5 Å². The number of halogens is 1. The van der Waals surface area contributed by atoms with Gasteiger partial charge in [-0.3, -0.25) is 9.59 Å². The van der Waals surface area contributed by atoms with Crippen LogP contribution in [0.15, 0.2) is 102 Å². The first kappa shape index (κ1) is 55.9. The molecule has 1 atom stereocenters. The number of hydrogen-bond acceptors (Lipinski definition) is 12. The summed E-state index contributed by atoms with van der Waals surface area (Å²) >= 11 is 11.0. The predicted molar refractivity (Wildman–Crippen MR) is 293 cm³/mol. The Morgan fingerprint density at radius 2 is 1.33 bits per heavy atom. The highest BCUT2D eigenvalue weighted by Crippen LogP contribution is 2.41. The molecule has 1 unspecified atom stereocenters. The summed E-state index contributed by atoms with van der Waals surface area (Å²) in [5.74, 6) is 4.19. The predicted octanol–water partition coefficient (Wildman–Crippen LogP) is 10.7. The fourth-order valence-electron chi connectivity index (χ4n) is 6.01. The molecule has 0 spiro atoms. The molecule has 2 saturated carbocycles. The fourth-order valence-corrected chi connectivity index (χ4v) is 7.92. The van der Waals surface area contributed by atoms with E-state index in [9.17, 15) is 9.59 Å². The van der Waals surface area contributed by atoms with Gasteiger partial charge in [-0.25, -0.2) is 4.98 Å². The number of carbonyl (C=O) groups is 2. The van der Waals surface area contributed by atoms with E-state index >= 15 is 0 Å². The Morgan fingerprint density at radius 3 is 1.82 bits per heavy atom. The van der Waals surface area contributed by atoms with Gasteiger partial charge in [-0.1, -0.05) is 89.8 Å². The molecule has 17 heteroatoms. The van der Waals surface area contributed by atoms with E-state index in [-0.39, 0.29) is 34.7 Å². The number of nitrogens with one attached hydrogen (secondary N) is 2. The monoisotopic (exact) mass is 1040 g/mol. The molecular weight excluding hydrogens is 972 g/mol. The van der Waals surface area contributed by atoms with Crippen LogP contribution in [0.2, 0.25) is 0 Å². The number of carbonyl (C=O) groups excluding carboxylic acids is 2. The van der Waals surface area contributed by atoms with Crippen LogP contribution in [0, 0.1) is 0 Å². The number of rotatable bonds is 18. The normalized spacial score (nSPS) is 12.9. The van der Waals surface area contributed by atoms with Crippen molar-refractivity contribution in [2.75, 3.05) is 81.9 Å². The first-order valence-electron chi connectivity index (χ1n) is 21.2. The molecule has 2 aliphatic carbocycles. The van der Waals surface area contributed by atoms with Crippen LogP contribution in [0.25, 0.3) is 0 Å².